The van der Waals surface area contributed by atoms with Gasteiger partial charge in [0.25, 0.3) is 0 Å². The molecule has 0 radical (unpaired) electrons. The number of sulfonamides is 1. The summed E-state index contributed by atoms with van der Waals surface area (Å²) in [7, 11) is -0.963. The molecule has 0 aliphatic heterocycles. The van der Waals surface area contributed by atoms with Crippen molar-refractivity contribution < 1.29 is 27.5 Å². The maximum atomic E-state index is 12.6. The fourth-order valence-corrected chi connectivity index (χ4v) is 5.01. The molecule has 10 nitrogen and oxygen atoms in total. The number of benzene rings is 1. The van der Waals surface area contributed by atoms with Crippen LogP contribution in [-0.2, 0) is 24.3 Å². The lowest BCUT2D eigenvalue weighted by atomic mass is 10.2. The lowest BCUT2D eigenvalue weighted by Gasteiger charge is -2.27. The van der Waals surface area contributed by atoms with Gasteiger partial charge in [-0.25, -0.2) is 8.42 Å². The molecule has 29 heavy (non-hydrogen) atoms. The van der Waals surface area contributed by atoms with Crippen molar-refractivity contribution in [3.05, 3.63) is 24.3 Å². The molecule has 1 aromatic carbocycles. The number of nitrogens with one attached hydrogen (secondary N) is 1. The van der Waals surface area contributed by atoms with Gasteiger partial charge in [-0.1, -0.05) is 23.1 Å². The van der Waals surface area contributed by atoms with Crippen LogP contribution in [-0.4, -0.2) is 62.8 Å². The predicted molar refractivity (Wildman–Crippen MR) is 111 cm³/mol. The highest BCUT2D eigenvalue weighted by atomic mass is 32.2. The Morgan fingerprint density at radius 1 is 1.24 bits per heavy atom. The molecule has 0 aliphatic carbocycles. The van der Waals surface area contributed by atoms with Gasteiger partial charge in [-0.05, 0) is 31.2 Å². The maximum absolute atomic E-state index is 12.6. The summed E-state index contributed by atoms with van der Waals surface area (Å²) in [5.41, 5.74) is 0.322. The number of carbonyl (C=O) groups excluding carboxylic acids is 2. The quantitative estimate of drug-likeness (QED) is 0.337. The minimum atomic E-state index is -3.75. The molecule has 0 unspecified atom stereocenters. The molecular formula is C16H20N4O6S3. The first-order valence-electron chi connectivity index (χ1n) is 8.13. The van der Waals surface area contributed by atoms with Crippen molar-refractivity contribution in [3.63, 3.8) is 0 Å². The number of thioether (sulfide) groups is 1. The molecule has 0 bridgehead atoms. The van der Waals surface area contributed by atoms with Crippen LogP contribution in [0.4, 0.5) is 10.8 Å². The number of ether oxygens (including phenoxy) is 2. The molecule has 0 aliphatic rings. The monoisotopic (exact) mass is 460 g/mol. The smallest absolute Gasteiger partial charge is 0.316 e. The standard InChI is InChI=1S/C16H20N4O6S3/c1-10(20(29(4,23)24)11-5-7-12(25-2)8-6-11)14(22)17-15-18-19-16(28-15)27-9-13(21)26-3/h5-8,10H,9H2,1-4H3,(H,17,18,22)/t10-/m1/s1. The number of amides is 1. The Labute approximate surface area is 176 Å². The van der Waals surface area contributed by atoms with Gasteiger partial charge in [0.05, 0.1) is 31.9 Å². The predicted octanol–water partition coefficient (Wildman–Crippen LogP) is 1.60. The Morgan fingerprint density at radius 3 is 2.45 bits per heavy atom. The number of hydrogen-bond acceptors (Lipinski definition) is 10. The van der Waals surface area contributed by atoms with E-state index in [1.807, 2.05) is 0 Å². The third-order valence-corrected chi connectivity index (χ3v) is 6.78. The summed E-state index contributed by atoms with van der Waals surface area (Å²) in [6.45, 7) is 1.47. The highest BCUT2D eigenvalue weighted by Crippen LogP contribution is 2.27. The van der Waals surface area contributed by atoms with Gasteiger partial charge in [-0.2, -0.15) is 0 Å². The molecule has 13 heteroatoms. The summed E-state index contributed by atoms with van der Waals surface area (Å²) < 4.78 is 35.7. The van der Waals surface area contributed by atoms with E-state index in [4.69, 9.17) is 4.74 Å². The molecule has 2 aromatic rings. The molecule has 1 aromatic heterocycles. The van der Waals surface area contributed by atoms with Crippen molar-refractivity contribution >= 4 is 55.8 Å². The van der Waals surface area contributed by atoms with Crippen LogP contribution in [0.1, 0.15) is 6.92 Å². The number of nitrogens with zero attached hydrogens (tertiary/aromatic N) is 3. The largest absolute Gasteiger partial charge is 0.497 e. The SMILES string of the molecule is COC(=O)CSc1nnc(NC(=O)[C@@H](C)N(c2ccc(OC)cc2)S(C)(=O)=O)s1. The van der Waals surface area contributed by atoms with Gasteiger partial charge < -0.3 is 9.47 Å². The normalized spacial score (nSPS) is 12.1. The van der Waals surface area contributed by atoms with Crippen LogP contribution >= 0.6 is 23.1 Å². The Morgan fingerprint density at radius 2 is 1.90 bits per heavy atom. The first-order valence-corrected chi connectivity index (χ1v) is 11.8. The van der Waals surface area contributed by atoms with Gasteiger partial charge in [-0.3, -0.25) is 19.2 Å². The van der Waals surface area contributed by atoms with Crippen LogP contribution in [0.2, 0.25) is 0 Å². The van der Waals surface area contributed by atoms with Crippen molar-refractivity contribution in [2.75, 3.05) is 35.9 Å². The van der Waals surface area contributed by atoms with E-state index in [0.717, 1.165) is 33.7 Å². The zero-order valence-corrected chi connectivity index (χ0v) is 18.6. The molecule has 1 amide bonds. The van der Waals surface area contributed by atoms with E-state index in [1.165, 1.54) is 21.1 Å². The summed E-state index contributed by atoms with van der Waals surface area (Å²) >= 11 is 2.19. The summed E-state index contributed by atoms with van der Waals surface area (Å²) in [6.07, 6.45) is 1.02. The maximum Gasteiger partial charge on any atom is 0.316 e. The van der Waals surface area contributed by atoms with Crippen LogP contribution in [0, 0.1) is 0 Å². The third-order valence-electron chi connectivity index (χ3n) is 3.59. The Bertz CT molecular complexity index is 961. The molecule has 0 saturated heterocycles. The van der Waals surface area contributed by atoms with E-state index in [2.05, 4.69) is 20.3 Å². The van der Waals surface area contributed by atoms with E-state index >= 15 is 0 Å². The second kappa shape index (κ2) is 9.89. The molecule has 0 spiro atoms. The molecule has 0 saturated carbocycles. The fourth-order valence-electron chi connectivity index (χ4n) is 2.25. The summed E-state index contributed by atoms with van der Waals surface area (Å²) in [5.74, 6) is -0.362. The van der Waals surface area contributed by atoms with E-state index in [9.17, 15) is 18.0 Å². The minimum absolute atomic E-state index is 0.0643. The number of carbonyl (C=O) groups is 2. The van der Waals surface area contributed by atoms with Crippen molar-refractivity contribution in [3.8, 4) is 5.75 Å². The Kier molecular flexibility index (Phi) is 7.81. The molecule has 1 heterocycles. The van der Waals surface area contributed by atoms with Gasteiger partial charge in [-0.15, -0.1) is 10.2 Å². The second-order valence-electron chi connectivity index (χ2n) is 5.66. The molecule has 0 fully saturated rings. The number of aromatic nitrogens is 2. The first-order chi connectivity index (χ1) is 13.7. The lowest BCUT2D eigenvalue weighted by molar-refractivity contribution is -0.137. The molecule has 158 valence electrons. The van der Waals surface area contributed by atoms with Crippen molar-refractivity contribution in [2.24, 2.45) is 0 Å². The number of rotatable bonds is 9. The Balaban J connectivity index is 2.13. The van der Waals surface area contributed by atoms with Crippen LogP contribution in [0.5, 0.6) is 5.75 Å². The third kappa shape index (κ3) is 6.30. The van der Waals surface area contributed by atoms with Crippen LogP contribution in [0.3, 0.4) is 0 Å². The van der Waals surface area contributed by atoms with E-state index < -0.39 is 27.9 Å². The van der Waals surface area contributed by atoms with Crippen molar-refractivity contribution in [1.29, 1.82) is 0 Å². The molecule has 1 N–H and O–H groups in total. The van der Waals surface area contributed by atoms with Gasteiger partial charge in [0.15, 0.2) is 4.34 Å². The number of methoxy groups -OCH3 is 2. The number of anilines is 2. The summed E-state index contributed by atoms with van der Waals surface area (Å²) in [4.78, 5) is 23.8. The zero-order chi connectivity index (χ0) is 21.6. The lowest BCUT2D eigenvalue weighted by Crippen LogP contribution is -2.45. The van der Waals surface area contributed by atoms with Gasteiger partial charge in [0.2, 0.25) is 21.1 Å². The highest BCUT2D eigenvalue weighted by molar-refractivity contribution is 8.01. The van der Waals surface area contributed by atoms with Crippen LogP contribution in [0.15, 0.2) is 28.6 Å². The van der Waals surface area contributed by atoms with Crippen molar-refractivity contribution in [2.45, 2.75) is 17.3 Å². The van der Waals surface area contributed by atoms with E-state index in [-0.39, 0.29) is 10.9 Å². The average molecular weight is 461 g/mol. The summed E-state index contributed by atoms with van der Waals surface area (Å²) in [6, 6.07) is 5.27. The molecule has 2 rings (SSSR count). The molecular weight excluding hydrogens is 440 g/mol. The van der Waals surface area contributed by atoms with Gasteiger partial charge in [0, 0.05) is 0 Å². The van der Waals surface area contributed by atoms with Gasteiger partial charge >= 0.3 is 5.97 Å². The molecule has 1 atom stereocenters. The number of hydrogen-bond donors (Lipinski definition) is 1. The van der Waals surface area contributed by atoms with Crippen molar-refractivity contribution in [1.82, 2.24) is 10.2 Å². The summed E-state index contributed by atoms with van der Waals surface area (Å²) in [5, 5.41) is 10.5. The topological polar surface area (TPSA) is 128 Å². The second-order valence-corrected chi connectivity index (χ2v) is 9.72. The van der Waals surface area contributed by atoms with E-state index in [1.54, 1.807) is 24.3 Å². The zero-order valence-electron chi connectivity index (χ0n) is 16.1. The minimum Gasteiger partial charge on any atom is -0.497 e. The van der Waals surface area contributed by atoms with Crippen LogP contribution < -0.4 is 14.4 Å². The van der Waals surface area contributed by atoms with Crippen LogP contribution in [0.25, 0.3) is 0 Å². The Hall–Kier alpha value is -2.38. The van der Waals surface area contributed by atoms with E-state index in [0.29, 0.717) is 15.8 Å². The highest BCUT2D eigenvalue weighted by Gasteiger charge is 2.29. The fraction of sp³-hybridized carbons (Fsp3) is 0.375. The van der Waals surface area contributed by atoms with Gasteiger partial charge in [0.1, 0.15) is 11.8 Å². The number of esters is 1. The first kappa shape index (κ1) is 22.9. The average Bonchev–Trinajstić information content (AvgIpc) is 3.12.